The molecule has 1 fully saturated rings. The van der Waals surface area contributed by atoms with Gasteiger partial charge >= 0.3 is 6.03 Å². The quantitative estimate of drug-likeness (QED) is 0.604. The molecule has 3 amide bonds. The number of nitriles is 1. The van der Waals surface area contributed by atoms with E-state index in [0.717, 1.165) is 23.4 Å². The number of piperidine rings is 1. The van der Waals surface area contributed by atoms with Gasteiger partial charge in [-0.2, -0.15) is 5.26 Å². The van der Waals surface area contributed by atoms with Gasteiger partial charge in [-0.15, -0.1) is 11.8 Å². The van der Waals surface area contributed by atoms with Crippen LogP contribution < -0.4 is 16.0 Å². The van der Waals surface area contributed by atoms with E-state index in [2.05, 4.69) is 27.8 Å². The molecule has 1 aromatic rings. The Balaban J connectivity index is 1.63. The van der Waals surface area contributed by atoms with E-state index in [1.54, 1.807) is 0 Å². The normalized spacial score (nSPS) is 22.9. The molecule has 2 aliphatic rings. The molecule has 0 unspecified atom stereocenters. The van der Waals surface area contributed by atoms with Crippen molar-refractivity contribution in [1.82, 2.24) is 15.1 Å². The van der Waals surface area contributed by atoms with Gasteiger partial charge in [0.25, 0.3) is 0 Å². The molecule has 0 aromatic heterocycles. The van der Waals surface area contributed by atoms with Crippen LogP contribution in [-0.2, 0) is 4.79 Å². The average Bonchev–Trinajstić information content (AvgIpc) is 2.92. The zero-order chi connectivity index (χ0) is 26.2. The van der Waals surface area contributed by atoms with Crippen molar-refractivity contribution in [3.8, 4) is 6.07 Å². The van der Waals surface area contributed by atoms with E-state index in [-0.39, 0.29) is 29.8 Å². The van der Waals surface area contributed by atoms with E-state index < -0.39 is 0 Å². The maximum Gasteiger partial charge on any atom is 0.324 e. The summed E-state index contributed by atoms with van der Waals surface area (Å²) in [7, 11) is 4.02. The van der Waals surface area contributed by atoms with Crippen LogP contribution in [0.2, 0.25) is 0 Å². The van der Waals surface area contributed by atoms with Crippen molar-refractivity contribution in [2.75, 3.05) is 50.9 Å². The van der Waals surface area contributed by atoms with Gasteiger partial charge in [-0.1, -0.05) is 24.8 Å². The standard InChI is InChI=1S/C27H38N6O2S/c1-5-33(27(35)30-12-13-31(3)22-9-7-6-8-10-22)26(34)21-16-20-15-19(2)23(17-28)25(29)36-14-11-24(20)32(4)18-21/h6-10,20-21,24H,2,5,11-16,18,29H2,1,3-4H3,(H,30,35)/t20-,21+,24+/m0/s1. The Hall–Kier alpha value is -2.96. The van der Waals surface area contributed by atoms with Gasteiger partial charge in [-0.05, 0) is 56.9 Å². The van der Waals surface area contributed by atoms with Gasteiger partial charge in [0.15, 0.2) is 0 Å². The molecular weight excluding hydrogens is 472 g/mol. The van der Waals surface area contributed by atoms with E-state index in [1.807, 2.05) is 51.4 Å². The first kappa shape index (κ1) is 27.6. The number of thioether (sulfide) groups is 1. The predicted octanol–water partition coefficient (Wildman–Crippen LogP) is 3.39. The van der Waals surface area contributed by atoms with Crippen LogP contribution >= 0.6 is 11.8 Å². The fourth-order valence-electron chi connectivity index (χ4n) is 5.24. The number of hydrogen-bond donors (Lipinski definition) is 2. The van der Waals surface area contributed by atoms with Gasteiger partial charge in [0.1, 0.15) is 6.07 Å². The summed E-state index contributed by atoms with van der Waals surface area (Å²) in [6.07, 6.45) is 2.20. The Bertz CT molecular complexity index is 1020. The van der Waals surface area contributed by atoms with Gasteiger partial charge in [-0.3, -0.25) is 9.69 Å². The van der Waals surface area contributed by atoms with Gasteiger partial charge in [0.2, 0.25) is 5.91 Å². The van der Waals surface area contributed by atoms with Crippen LogP contribution in [0.1, 0.15) is 26.2 Å². The molecule has 0 spiro atoms. The minimum atomic E-state index is -0.355. The predicted molar refractivity (Wildman–Crippen MR) is 146 cm³/mol. The van der Waals surface area contributed by atoms with Crippen molar-refractivity contribution < 1.29 is 9.59 Å². The van der Waals surface area contributed by atoms with Gasteiger partial charge in [-0.25, -0.2) is 4.79 Å². The summed E-state index contributed by atoms with van der Waals surface area (Å²) in [5.74, 6) is 0.547. The molecule has 1 saturated heterocycles. The second-order valence-electron chi connectivity index (χ2n) is 9.57. The number of allylic oxidation sites excluding steroid dienone is 2. The summed E-state index contributed by atoms with van der Waals surface area (Å²) < 4.78 is 0. The highest BCUT2D eigenvalue weighted by Gasteiger charge is 2.40. The number of hydrogen-bond acceptors (Lipinski definition) is 7. The molecule has 3 rings (SSSR count). The number of benzene rings is 1. The lowest BCUT2D eigenvalue weighted by molar-refractivity contribution is -0.135. The molecule has 0 saturated carbocycles. The Morgan fingerprint density at radius 2 is 2.06 bits per heavy atom. The van der Waals surface area contributed by atoms with Crippen LogP contribution in [0.4, 0.5) is 10.5 Å². The second-order valence-corrected chi connectivity index (χ2v) is 10.7. The fourth-order valence-corrected chi connectivity index (χ4v) is 6.15. The van der Waals surface area contributed by atoms with Gasteiger partial charge in [0, 0.05) is 50.7 Å². The van der Waals surface area contributed by atoms with Crippen LogP contribution in [0.5, 0.6) is 0 Å². The number of likely N-dealkylation sites (N-methyl/N-ethyl adjacent to an activating group) is 1. The number of nitrogens with zero attached hydrogens (tertiary/aromatic N) is 4. The van der Waals surface area contributed by atoms with Crippen molar-refractivity contribution in [2.24, 2.45) is 17.6 Å². The first-order chi connectivity index (χ1) is 17.3. The molecule has 2 aliphatic heterocycles. The molecule has 0 aliphatic carbocycles. The summed E-state index contributed by atoms with van der Waals surface area (Å²) in [4.78, 5) is 32.1. The minimum Gasteiger partial charge on any atom is -0.392 e. The average molecular weight is 511 g/mol. The monoisotopic (exact) mass is 510 g/mol. The SMILES string of the molecule is C=C1C[C@H]2C[C@@H](C(=O)N(CC)C(=O)NCCN(C)c3ccccc3)CN(C)[C@@H]2CCSC(N)=C1C#N. The van der Waals surface area contributed by atoms with Crippen molar-refractivity contribution in [3.63, 3.8) is 0 Å². The van der Waals surface area contributed by atoms with E-state index in [1.165, 1.54) is 16.7 Å². The summed E-state index contributed by atoms with van der Waals surface area (Å²) >= 11 is 1.50. The first-order valence-corrected chi connectivity index (χ1v) is 13.5. The third-order valence-corrected chi connectivity index (χ3v) is 8.15. The molecule has 0 bridgehead atoms. The number of carbonyl (C=O) groups is 2. The number of carbonyl (C=O) groups excluding carboxylic acids is 2. The number of para-hydroxylation sites is 1. The topological polar surface area (TPSA) is 106 Å². The molecule has 36 heavy (non-hydrogen) atoms. The highest BCUT2D eigenvalue weighted by Crippen LogP contribution is 2.38. The van der Waals surface area contributed by atoms with Crippen LogP contribution in [0.15, 0.2) is 53.1 Å². The zero-order valence-electron chi connectivity index (χ0n) is 21.6. The van der Waals surface area contributed by atoms with Crippen LogP contribution in [0.3, 0.4) is 0 Å². The van der Waals surface area contributed by atoms with Crippen LogP contribution in [0.25, 0.3) is 0 Å². The molecule has 1 aromatic carbocycles. The lowest BCUT2D eigenvalue weighted by Gasteiger charge is -2.43. The molecule has 2 heterocycles. The van der Waals surface area contributed by atoms with Crippen molar-refractivity contribution in [1.29, 1.82) is 5.26 Å². The molecule has 3 N–H and O–H groups in total. The highest BCUT2D eigenvalue weighted by atomic mass is 32.2. The van der Waals surface area contributed by atoms with Gasteiger partial charge < -0.3 is 20.9 Å². The van der Waals surface area contributed by atoms with Crippen molar-refractivity contribution >= 4 is 29.4 Å². The Morgan fingerprint density at radius 1 is 1.33 bits per heavy atom. The number of nitrogens with two attached hydrogens (primary N) is 1. The molecule has 194 valence electrons. The van der Waals surface area contributed by atoms with Crippen molar-refractivity contribution in [2.45, 2.75) is 32.2 Å². The smallest absolute Gasteiger partial charge is 0.324 e. The van der Waals surface area contributed by atoms with Crippen molar-refractivity contribution in [3.05, 3.63) is 53.1 Å². The Morgan fingerprint density at radius 3 is 2.72 bits per heavy atom. The second kappa shape index (κ2) is 12.8. The maximum absolute atomic E-state index is 13.5. The summed E-state index contributed by atoms with van der Waals surface area (Å²) in [5, 5.41) is 13.0. The van der Waals surface area contributed by atoms with Crippen LogP contribution in [0, 0.1) is 23.2 Å². The zero-order valence-corrected chi connectivity index (χ0v) is 22.4. The Kier molecular flexibility index (Phi) is 9.85. The number of rotatable bonds is 6. The highest BCUT2D eigenvalue weighted by molar-refractivity contribution is 8.03. The molecular formula is C27H38N6O2S. The fraction of sp³-hybridized carbons (Fsp3) is 0.519. The molecule has 0 radical (unpaired) electrons. The molecule has 3 atom stereocenters. The largest absolute Gasteiger partial charge is 0.392 e. The molecule has 9 heteroatoms. The number of anilines is 1. The third-order valence-electron chi connectivity index (χ3n) is 7.19. The first-order valence-electron chi connectivity index (χ1n) is 12.5. The lowest BCUT2D eigenvalue weighted by Crippen LogP contribution is -2.54. The van der Waals surface area contributed by atoms with E-state index in [9.17, 15) is 14.9 Å². The van der Waals surface area contributed by atoms with E-state index in [4.69, 9.17) is 5.73 Å². The number of likely N-dealkylation sites (tertiary alicyclic amines) is 1. The van der Waals surface area contributed by atoms with E-state index >= 15 is 0 Å². The number of imide groups is 1. The molecule has 8 nitrogen and oxygen atoms in total. The summed E-state index contributed by atoms with van der Waals surface area (Å²) in [6, 6.07) is 12.1. The number of nitrogens with one attached hydrogen (secondary N) is 1. The number of fused-ring (bicyclic) bond motifs is 1. The number of urea groups is 1. The number of amides is 3. The van der Waals surface area contributed by atoms with Gasteiger partial charge in [0.05, 0.1) is 16.5 Å². The van der Waals surface area contributed by atoms with E-state index in [0.29, 0.717) is 49.6 Å². The minimum absolute atomic E-state index is 0.146. The summed E-state index contributed by atoms with van der Waals surface area (Å²) in [6.45, 7) is 7.96. The lowest BCUT2D eigenvalue weighted by atomic mass is 9.77. The summed E-state index contributed by atoms with van der Waals surface area (Å²) in [5.41, 5.74) is 8.40. The Labute approximate surface area is 219 Å². The van der Waals surface area contributed by atoms with Crippen LogP contribution in [-0.4, -0.2) is 73.8 Å². The maximum atomic E-state index is 13.5. The third kappa shape index (κ3) is 6.62.